The number of benzene rings is 1. The molecule has 110 valence electrons. The molecular formula is C18H27NO. The van der Waals surface area contributed by atoms with Gasteiger partial charge in [-0.05, 0) is 55.1 Å². The molecule has 3 unspecified atom stereocenters. The summed E-state index contributed by atoms with van der Waals surface area (Å²) >= 11 is 0. The fourth-order valence-electron chi connectivity index (χ4n) is 3.91. The van der Waals surface area contributed by atoms with Gasteiger partial charge in [-0.25, -0.2) is 0 Å². The van der Waals surface area contributed by atoms with Crippen molar-refractivity contribution in [3.63, 3.8) is 0 Å². The minimum Gasteiger partial charge on any atom is -0.496 e. The maximum absolute atomic E-state index is 5.48. The molecule has 2 saturated carbocycles. The van der Waals surface area contributed by atoms with Gasteiger partial charge < -0.3 is 10.1 Å². The standard InChI is InChI=1S/C18H27NO/c1-12-8-9-17(13(12)2)19-15-10-14(11-15)16-6-4-5-7-18(16)20-3/h4-7,12-15,17,19H,8-11H2,1-3H3. The largest absolute Gasteiger partial charge is 0.496 e. The van der Waals surface area contributed by atoms with Crippen molar-refractivity contribution in [3.8, 4) is 5.75 Å². The van der Waals surface area contributed by atoms with E-state index in [1.165, 1.54) is 31.2 Å². The number of methoxy groups -OCH3 is 1. The predicted octanol–water partition coefficient (Wildman–Crippen LogP) is 3.97. The molecule has 0 heterocycles. The van der Waals surface area contributed by atoms with E-state index in [1.54, 1.807) is 7.11 Å². The van der Waals surface area contributed by atoms with Gasteiger partial charge in [0, 0.05) is 12.1 Å². The summed E-state index contributed by atoms with van der Waals surface area (Å²) in [5.74, 6) is 3.45. The average molecular weight is 273 g/mol. The van der Waals surface area contributed by atoms with Gasteiger partial charge in [-0.2, -0.15) is 0 Å². The molecule has 0 aliphatic heterocycles. The normalized spacial score (nSPS) is 36.6. The molecule has 1 aromatic rings. The van der Waals surface area contributed by atoms with E-state index in [4.69, 9.17) is 4.74 Å². The fraction of sp³-hybridized carbons (Fsp3) is 0.667. The second kappa shape index (κ2) is 5.77. The van der Waals surface area contributed by atoms with Crippen molar-refractivity contribution < 1.29 is 4.74 Å². The molecule has 1 N–H and O–H groups in total. The van der Waals surface area contributed by atoms with Crippen LogP contribution in [0.15, 0.2) is 24.3 Å². The van der Waals surface area contributed by atoms with Crippen molar-refractivity contribution in [1.29, 1.82) is 0 Å². The number of ether oxygens (including phenoxy) is 1. The minimum atomic E-state index is 0.679. The molecular weight excluding hydrogens is 246 g/mol. The number of hydrogen-bond donors (Lipinski definition) is 1. The second-order valence-corrected chi connectivity index (χ2v) is 6.79. The number of rotatable bonds is 4. The Morgan fingerprint density at radius 2 is 1.85 bits per heavy atom. The number of hydrogen-bond acceptors (Lipinski definition) is 2. The third-order valence-corrected chi connectivity index (χ3v) is 5.63. The molecule has 0 radical (unpaired) electrons. The summed E-state index contributed by atoms with van der Waals surface area (Å²) in [5.41, 5.74) is 1.39. The summed E-state index contributed by atoms with van der Waals surface area (Å²) in [4.78, 5) is 0. The Morgan fingerprint density at radius 3 is 2.50 bits per heavy atom. The molecule has 2 heteroatoms. The Labute approximate surface area is 122 Å². The van der Waals surface area contributed by atoms with E-state index in [0.717, 1.165) is 23.6 Å². The zero-order valence-corrected chi connectivity index (χ0v) is 12.9. The highest BCUT2D eigenvalue weighted by Gasteiger charge is 2.36. The molecule has 20 heavy (non-hydrogen) atoms. The van der Waals surface area contributed by atoms with Crippen molar-refractivity contribution in [2.24, 2.45) is 11.8 Å². The van der Waals surface area contributed by atoms with E-state index in [2.05, 4.69) is 43.4 Å². The Bertz CT molecular complexity index is 452. The molecule has 2 nitrogen and oxygen atoms in total. The van der Waals surface area contributed by atoms with Crippen LogP contribution >= 0.6 is 0 Å². The minimum absolute atomic E-state index is 0.679. The van der Waals surface area contributed by atoms with E-state index in [0.29, 0.717) is 12.0 Å². The first-order chi connectivity index (χ1) is 9.69. The molecule has 2 aliphatic carbocycles. The van der Waals surface area contributed by atoms with Crippen LogP contribution < -0.4 is 10.1 Å². The van der Waals surface area contributed by atoms with Crippen LogP contribution in [-0.4, -0.2) is 19.2 Å². The summed E-state index contributed by atoms with van der Waals surface area (Å²) in [5, 5.41) is 3.89. The maximum Gasteiger partial charge on any atom is 0.122 e. The summed E-state index contributed by atoms with van der Waals surface area (Å²) in [6, 6.07) is 9.94. The molecule has 1 aromatic carbocycles. The van der Waals surface area contributed by atoms with Gasteiger partial charge in [0.15, 0.2) is 0 Å². The van der Waals surface area contributed by atoms with Crippen LogP contribution in [0.25, 0.3) is 0 Å². The summed E-state index contributed by atoms with van der Waals surface area (Å²) < 4.78 is 5.48. The lowest BCUT2D eigenvalue weighted by molar-refractivity contribution is 0.236. The van der Waals surface area contributed by atoms with Crippen LogP contribution in [0, 0.1) is 11.8 Å². The van der Waals surface area contributed by atoms with Crippen molar-refractivity contribution in [1.82, 2.24) is 5.32 Å². The lowest BCUT2D eigenvalue weighted by atomic mass is 9.75. The smallest absolute Gasteiger partial charge is 0.122 e. The van der Waals surface area contributed by atoms with Gasteiger partial charge in [0.1, 0.15) is 5.75 Å². The second-order valence-electron chi connectivity index (χ2n) is 6.79. The molecule has 3 rings (SSSR count). The van der Waals surface area contributed by atoms with E-state index < -0.39 is 0 Å². The first kappa shape index (κ1) is 13.9. The lowest BCUT2D eigenvalue weighted by Crippen LogP contribution is -2.46. The van der Waals surface area contributed by atoms with E-state index in [1.807, 2.05) is 0 Å². The molecule has 2 aliphatic rings. The summed E-state index contributed by atoms with van der Waals surface area (Å²) in [6.45, 7) is 4.80. The summed E-state index contributed by atoms with van der Waals surface area (Å²) in [6.07, 6.45) is 5.27. The highest BCUT2D eigenvalue weighted by atomic mass is 16.5. The third kappa shape index (κ3) is 2.58. The first-order valence-corrected chi connectivity index (χ1v) is 8.08. The maximum atomic E-state index is 5.48. The molecule has 0 amide bonds. The Hall–Kier alpha value is -1.02. The van der Waals surface area contributed by atoms with E-state index in [9.17, 15) is 0 Å². The van der Waals surface area contributed by atoms with Gasteiger partial charge >= 0.3 is 0 Å². The molecule has 2 fully saturated rings. The Kier molecular flexibility index (Phi) is 4.02. The van der Waals surface area contributed by atoms with Crippen molar-refractivity contribution in [2.45, 2.75) is 57.5 Å². The molecule has 0 spiro atoms. The van der Waals surface area contributed by atoms with Crippen LogP contribution in [0.4, 0.5) is 0 Å². The third-order valence-electron chi connectivity index (χ3n) is 5.63. The topological polar surface area (TPSA) is 21.3 Å². The van der Waals surface area contributed by atoms with Gasteiger partial charge in [0.25, 0.3) is 0 Å². The van der Waals surface area contributed by atoms with Crippen molar-refractivity contribution >= 4 is 0 Å². The van der Waals surface area contributed by atoms with E-state index >= 15 is 0 Å². The number of para-hydroxylation sites is 1. The van der Waals surface area contributed by atoms with E-state index in [-0.39, 0.29) is 0 Å². The van der Waals surface area contributed by atoms with Crippen LogP contribution in [0.2, 0.25) is 0 Å². The first-order valence-electron chi connectivity index (χ1n) is 8.08. The van der Waals surface area contributed by atoms with Gasteiger partial charge in [-0.1, -0.05) is 32.0 Å². The van der Waals surface area contributed by atoms with Crippen molar-refractivity contribution in [3.05, 3.63) is 29.8 Å². The molecule has 0 saturated heterocycles. The highest BCUT2D eigenvalue weighted by molar-refractivity contribution is 5.37. The highest BCUT2D eigenvalue weighted by Crippen LogP contribution is 2.42. The van der Waals surface area contributed by atoms with Crippen LogP contribution in [-0.2, 0) is 0 Å². The van der Waals surface area contributed by atoms with Crippen molar-refractivity contribution in [2.75, 3.05) is 7.11 Å². The molecule has 3 atom stereocenters. The predicted molar refractivity (Wildman–Crippen MR) is 83.2 cm³/mol. The SMILES string of the molecule is COc1ccccc1C1CC(NC2CCC(C)C2C)C1. The average Bonchev–Trinajstić information content (AvgIpc) is 2.74. The van der Waals surface area contributed by atoms with Gasteiger partial charge in [0.2, 0.25) is 0 Å². The van der Waals surface area contributed by atoms with Crippen LogP contribution in [0.3, 0.4) is 0 Å². The quantitative estimate of drug-likeness (QED) is 0.896. The Morgan fingerprint density at radius 1 is 1.10 bits per heavy atom. The van der Waals surface area contributed by atoms with Crippen LogP contribution in [0.5, 0.6) is 5.75 Å². The zero-order valence-electron chi connectivity index (χ0n) is 12.9. The van der Waals surface area contributed by atoms with Crippen LogP contribution in [0.1, 0.15) is 51.0 Å². The fourth-order valence-corrected chi connectivity index (χ4v) is 3.91. The number of nitrogens with one attached hydrogen (secondary N) is 1. The van der Waals surface area contributed by atoms with Gasteiger partial charge in [0.05, 0.1) is 7.11 Å². The molecule has 0 bridgehead atoms. The lowest BCUT2D eigenvalue weighted by Gasteiger charge is -2.39. The summed E-state index contributed by atoms with van der Waals surface area (Å²) in [7, 11) is 1.77. The Balaban J connectivity index is 1.54. The van der Waals surface area contributed by atoms with Gasteiger partial charge in [-0.15, -0.1) is 0 Å². The molecule has 0 aromatic heterocycles. The zero-order chi connectivity index (χ0) is 14.1. The van der Waals surface area contributed by atoms with Gasteiger partial charge in [-0.3, -0.25) is 0 Å². The monoisotopic (exact) mass is 273 g/mol.